The molecule has 0 radical (unpaired) electrons. The van der Waals surface area contributed by atoms with Gasteiger partial charge in [-0.3, -0.25) is 4.68 Å². The van der Waals surface area contributed by atoms with Crippen LogP contribution in [0.3, 0.4) is 0 Å². The minimum Gasteiger partial charge on any atom is -0.508 e. The molecule has 5 nitrogen and oxygen atoms in total. The van der Waals surface area contributed by atoms with Crippen molar-refractivity contribution in [2.45, 2.75) is 45.6 Å². The molecule has 7 rings (SSSR count). The summed E-state index contributed by atoms with van der Waals surface area (Å²) in [5.74, 6) is 3.69. The van der Waals surface area contributed by atoms with E-state index >= 15 is 4.39 Å². The van der Waals surface area contributed by atoms with Crippen molar-refractivity contribution >= 4 is 21.7 Å². The molecule has 37 heavy (non-hydrogen) atoms. The molecule has 2 aliphatic carbocycles. The second kappa shape index (κ2) is 9.11. The first-order chi connectivity index (χ1) is 17.9. The summed E-state index contributed by atoms with van der Waals surface area (Å²) < 4.78 is 32.2. The van der Waals surface area contributed by atoms with Gasteiger partial charge in [0, 0.05) is 16.3 Å². The molecule has 0 spiro atoms. The third-order valence-electron chi connectivity index (χ3n) is 7.60. The molecule has 3 heterocycles. The van der Waals surface area contributed by atoms with Crippen molar-refractivity contribution in [1.82, 2.24) is 20.1 Å². The predicted octanol–water partition coefficient (Wildman–Crippen LogP) is 5.98. The second-order valence-electron chi connectivity index (χ2n) is 11.0. The van der Waals surface area contributed by atoms with Gasteiger partial charge in [0.2, 0.25) is 0 Å². The van der Waals surface area contributed by atoms with E-state index in [4.69, 9.17) is 6.42 Å². The SMILES string of the molecule is C#Cc1c(F)ccc2cc(O)cc(-c3nc(CC(C)C)c4cnn(C5CC5)c4c3F)c12.C1NCC2CC12. The second-order valence-corrected chi connectivity index (χ2v) is 11.0. The maximum absolute atomic E-state index is 16.0. The molecule has 2 unspecified atom stereocenters. The lowest BCUT2D eigenvalue weighted by atomic mass is 9.95. The van der Waals surface area contributed by atoms with Crippen molar-refractivity contribution in [2.75, 3.05) is 13.1 Å². The van der Waals surface area contributed by atoms with Gasteiger partial charge in [-0.05, 0) is 80.1 Å². The Bertz CT molecular complexity index is 1560. The highest BCUT2D eigenvalue weighted by Gasteiger charge is 2.40. The smallest absolute Gasteiger partial charge is 0.175 e. The zero-order chi connectivity index (χ0) is 25.8. The Balaban J connectivity index is 0.000000364. The highest BCUT2D eigenvalue weighted by molar-refractivity contribution is 6.02. The number of pyridine rings is 1. The lowest BCUT2D eigenvalue weighted by molar-refractivity contribution is 0.476. The van der Waals surface area contributed by atoms with E-state index in [0.29, 0.717) is 28.1 Å². The van der Waals surface area contributed by atoms with Gasteiger partial charge in [-0.2, -0.15) is 5.10 Å². The summed E-state index contributed by atoms with van der Waals surface area (Å²) in [5, 5.41) is 19.7. The summed E-state index contributed by atoms with van der Waals surface area (Å²) in [4.78, 5) is 4.67. The molecule has 4 aromatic rings. The van der Waals surface area contributed by atoms with Crippen LogP contribution in [-0.2, 0) is 6.42 Å². The number of halogens is 2. The van der Waals surface area contributed by atoms with Crippen LogP contribution in [0.2, 0.25) is 0 Å². The van der Waals surface area contributed by atoms with E-state index in [2.05, 4.69) is 35.2 Å². The Morgan fingerprint density at radius 2 is 1.95 bits per heavy atom. The summed E-state index contributed by atoms with van der Waals surface area (Å²) in [6.07, 6.45) is 11.3. The quantitative estimate of drug-likeness (QED) is 0.339. The normalized spacial score (nSPS) is 20.1. The van der Waals surface area contributed by atoms with Gasteiger partial charge in [0.15, 0.2) is 5.82 Å². The van der Waals surface area contributed by atoms with Gasteiger partial charge in [0.05, 0.1) is 23.5 Å². The van der Waals surface area contributed by atoms with Gasteiger partial charge in [-0.15, -0.1) is 6.42 Å². The zero-order valence-electron chi connectivity index (χ0n) is 21.1. The van der Waals surface area contributed by atoms with Crippen LogP contribution in [0.1, 0.15) is 50.4 Å². The molecule has 2 N–H and O–H groups in total. The number of benzene rings is 2. The van der Waals surface area contributed by atoms with Crippen LogP contribution in [0.4, 0.5) is 8.78 Å². The number of nitrogens with one attached hydrogen (secondary N) is 1. The van der Waals surface area contributed by atoms with Crippen LogP contribution in [0.25, 0.3) is 32.9 Å². The lowest BCUT2D eigenvalue weighted by Crippen LogP contribution is -2.10. The Hall–Kier alpha value is -3.50. The van der Waals surface area contributed by atoms with Crippen molar-refractivity contribution in [3.63, 3.8) is 0 Å². The maximum atomic E-state index is 16.0. The molecule has 3 aliphatic rings. The number of piperidine rings is 1. The predicted molar refractivity (Wildman–Crippen MR) is 141 cm³/mol. The molecular formula is C30H30F2N4O. The van der Waals surface area contributed by atoms with Crippen LogP contribution in [-0.4, -0.2) is 33.0 Å². The summed E-state index contributed by atoms with van der Waals surface area (Å²) in [7, 11) is 0. The summed E-state index contributed by atoms with van der Waals surface area (Å²) in [6.45, 7) is 6.75. The van der Waals surface area contributed by atoms with Crippen LogP contribution >= 0.6 is 0 Å². The molecule has 2 saturated carbocycles. The number of rotatable bonds is 4. The van der Waals surface area contributed by atoms with Crippen LogP contribution < -0.4 is 5.32 Å². The van der Waals surface area contributed by atoms with Crippen LogP contribution in [0, 0.1) is 41.7 Å². The Labute approximate surface area is 214 Å². The molecule has 0 bridgehead atoms. The fraction of sp³-hybridized carbons (Fsp3) is 0.400. The standard InChI is InChI=1S/C25H21F2N3O.C5H9N/c1-4-17-20(26)8-5-14-10-16(31)11-18(22(14)17)24-23(27)25-19(21(29-24)9-13(2)3)12-28-30(25)15-6-7-15;1-4-2-6-3-5(1)4/h1,5,8,10-13,15,31H,6-7,9H2,2-3H3;4-6H,1-3H2. The molecule has 1 saturated heterocycles. The topological polar surface area (TPSA) is 63.0 Å². The highest BCUT2D eigenvalue weighted by atomic mass is 19.1. The van der Waals surface area contributed by atoms with Crippen molar-refractivity contribution in [3.8, 4) is 29.4 Å². The first-order valence-corrected chi connectivity index (χ1v) is 13.0. The first kappa shape index (κ1) is 23.9. The number of aromatic hydroxyl groups is 1. The molecule has 2 atom stereocenters. The fourth-order valence-corrected chi connectivity index (χ4v) is 5.48. The largest absolute Gasteiger partial charge is 0.508 e. The van der Waals surface area contributed by atoms with E-state index in [1.54, 1.807) is 10.9 Å². The number of hydrogen-bond acceptors (Lipinski definition) is 4. The molecule has 3 fully saturated rings. The van der Waals surface area contributed by atoms with E-state index in [1.807, 2.05) is 0 Å². The average Bonchev–Trinajstić information content (AvgIpc) is 3.77. The summed E-state index contributed by atoms with van der Waals surface area (Å²) >= 11 is 0. The number of hydrogen-bond donors (Lipinski definition) is 2. The van der Waals surface area contributed by atoms with Crippen LogP contribution in [0.5, 0.6) is 5.75 Å². The summed E-state index contributed by atoms with van der Waals surface area (Å²) in [6, 6.07) is 5.83. The van der Waals surface area contributed by atoms with Crippen molar-refractivity contribution < 1.29 is 13.9 Å². The molecule has 2 aromatic carbocycles. The number of phenolic OH excluding ortho intramolecular Hbond substituents is 1. The molecule has 0 amide bonds. The van der Waals surface area contributed by atoms with E-state index in [-0.39, 0.29) is 34.5 Å². The van der Waals surface area contributed by atoms with E-state index < -0.39 is 11.6 Å². The number of nitrogens with zero attached hydrogens (tertiary/aromatic N) is 3. The summed E-state index contributed by atoms with van der Waals surface area (Å²) in [5.41, 5.74) is 1.47. The molecule has 2 aromatic heterocycles. The lowest BCUT2D eigenvalue weighted by Gasteiger charge is -2.15. The Morgan fingerprint density at radius 3 is 2.54 bits per heavy atom. The average molecular weight is 501 g/mol. The van der Waals surface area contributed by atoms with Crippen molar-refractivity contribution in [1.29, 1.82) is 0 Å². The van der Waals surface area contributed by atoms with E-state index in [0.717, 1.165) is 30.4 Å². The fourth-order valence-electron chi connectivity index (χ4n) is 5.48. The first-order valence-electron chi connectivity index (χ1n) is 13.0. The molecule has 7 heteroatoms. The highest BCUT2D eigenvalue weighted by Crippen LogP contribution is 2.42. The number of fused-ring (bicyclic) bond motifs is 3. The minimum absolute atomic E-state index is 0.0231. The van der Waals surface area contributed by atoms with Gasteiger partial charge in [-0.1, -0.05) is 25.8 Å². The molecular weight excluding hydrogens is 470 g/mol. The van der Waals surface area contributed by atoms with E-state index in [9.17, 15) is 9.50 Å². The zero-order valence-corrected chi connectivity index (χ0v) is 21.1. The van der Waals surface area contributed by atoms with Crippen molar-refractivity contribution in [3.05, 3.63) is 53.4 Å². The Kier molecular flexibility index (Phi) is 5.88. The van der Waals surface area contributed by atoms with Crippen LogP contribution in [0.15, 0.2) is 30.5 Å². The molecule has 190 valence electrons. The third kappa shape index (κ3) is 4.34. The maximum Gasteiger partial charge on any atom is 0.175 e. The molecule has 1 aliphatic heterocycles. The van der Waals surface area contributed by atoms with Gasteiger partial charge < -0.3 is 10.4 Å². The number of phenols is 1. The number of terminal acetylenes is 1. The van der Waals surface area contributed by atoms with Gasteiger partial charge in [-0.25, -0.2) is 13.8 Å². The van der Waals surface area contributed by atoms with Gasteiger partial charge in [0.25, 0.3) is 0 Å². The van der Waals surface area contributed by atoms with E-state index in [1.165, 1.54) is 43.8 Å². The minimum atomic E-state index is -0.575. The Morgan fingerprint density at radius 1 is 1.19 bits per heavy atom. The van der Waals surface area contributed by atoms with Gasteiger partial charge in [0.1, 0.15) is 22.8 Å². The van der Waals surface area contributed by atoms with Crippen molar-refractivity contribution in [2.24, 2.45) is 17.8 Å². The third-order valence-corrected chi connectivity index (χ3v) is 7.60. The van der Waals surface area contributed by atoms with Gasteiger partial charge >= 0.3 is 0 Å². The monoisotopic (exact) mass is 500 g/mol. The number of aromatic nitrogens is 3.